The maximum atomic E-state index is 9.63. The Labute approximate surface area is 132 Å². The number of nitriles is 1. The van der Waals surface area contributed by atoms with Gasteiger partial charge in [-0.3, -0.25) is 0 Å². The van der Waals surface area contributed by atoms with E-state index in [-0.39, 0.29) is 13.2 Å². The van der Waals surface area contributed by atoms with E-state index in [0.717, 1.165) is 37.9 Å². The van der Waals surface area contributed by atoms with E-state index in [1.807, 2.05) is 26.0 Å². The first-order valence-corrected chi connectivity index (χ1v) is 7.37. The van der Waals surface area contributed by atoms with Crippen molar-refractivity contribution >= 4 is 15.9 Å². The lowest BCUT2D eigenvalue weighted by Crippen LogP contribution is -2.01. The second kappa shape index (κ2) is 6.40. The van der Waals surface area contributed by atoms with Gasteiger partial charge in [0.25, 0.3) is 0 Å². The highest BCUT2D eigenvalue weighted by molar-refractivity contribution is 9.10. The number of nitrogens with zero attached hydrogens (tertiary/aromatic N) is 1. The van der Waals surface area contributed by atoms with Crippen LogP contribution in [0.3, 0.4) is 0 Å². The van der Waals surface area contributed by atoms with E-state index < -0.39 is 0 Å². The van der Waals surface area contributed by atoms with E-state index in [2.05, 4.69) is 22.0 Å². The predicted octanol–water partition coefficient (Wildman–Crippen LogP) is 3.59. The Morgan fingerprint density at radius 3 is 2.00 bits per heavy atom. The van der Waals surface area contributed by atoms with Crippen LogP contribution in [0.2, 0.25) is 0 Å². The molecule has 2 aromatic carbocycles. The molecule has 0 amide bonds. The van der Waals surface area contributed by atoms with E-state index in [9.17, 15) is 15.5 Å². The Morgan fingerprint density at radius 2 is 1.48 bits per heavy atom. The average molecular weight is 346 g/mol. The number of aliphatic hydroxyl groups is 2. The third-order valence-corrected chi connectivity index (χ3v) is 4.61. The molecule has 2 rings (SSSR count). The van der Waals surface area contributed by atoms with Gasteiger partial charge in [-0.1, -0.05) is 28.1 Å². The molecule has 2 N–H and O–H groups in total. The molecule has 0 aromatic heterocycles. The van der Waals surface area contributed by atoms with Gasteiger partial charge >= 0.3 is 0 Å². The zero-order valence-corrected chi connectivity index (χ0v) is 13.5. The van der Waals surface area contributed by atoms with E-state index >= 15 is 0 Å². The van der Waals surface area contributed by atoms with E-state index in [1.54, 1.807) is 12.1 Å². The van der Waals surface area contributed by atoms with Crippen LogP contribution in [0.4, 0.5) is 0 Å². The Bertz CT molecular complexity index is 733. The zero-order chi connectivity index (χ0) is 15.6. The van der Waals surface area contributed by atoms with Crippen LogP contribution in [-0.4, -0.2) is 10.2 Å². The Hall–Kier alpha value is -1.67. The quantitative estimate of drug-likeness (QED) is 0.893. The SMILES string of the molecule is Cc1c(Br)ccc(CO)c1-c1c(CO)ccc(C#N)c1C. The minimum absolute atomic E-state index is 0.0927. The van der Waals surface area contributed by atoms with Gasteiger partial charge in [-0.25, -0.2) is 0 Å². The molecule has 0 aliphatic carbocycles. The molecule has 2 aromatic rings. The standard InChI is InChI=1S/C17H16BrNO2/c1-10-12(7-19)3-4-13(8-20)16(10)17-11(2)15(18)6-5-14(17)9-21/h3-6,20-21H,8-9H2,1-2H3. The molecular formula is C17H16BrNO2. The Balaban J connectivity index is 2.90. The van der Waals surface area contributed by atoms with Gasteiger partial charge in [0.15, 0.2) is 0 Å². The van der Waals surface area contributed by atoms with Gasteiger partial charge in [0, 0.05) is 4.47 Å². The van der Waals surface area contributed by atoms with Crippen LogP contribution in [-0.2, 0) is 13.2 Å². The van der Waals surface area contributed by atoms with Gasteiger partial charge in [0.1, 0.15) is 0 Å². The average Bonchev–Trinajstić information content (AvgIpc) is 2.50. The molecule has 0 radical (unpaired) electrons. The third-order valence-electron chi connectivity index (χ3n) is 3.75. The highest BCUT2D eigenvalue weighted by Gasteiger charge is 2.17. The van der Waals surface area contributed by atoms with Crippen molar-refractivity contribution in [1.29, 1.82) is 5.26 Å². The molecule has 4 heteroatoms. The van der Waals surface area contributed by atoms with Crippen LogP contribution in [0.25, 0.3) is 11.1 Å². The van der Waals surface area contributed by atoms with Gasteiger partial charge in [-0.15, -0.1) is 0 Å². The lowest BCUT2D eigenvalue weighted by Gasteiger charge is -2.19. The molecule has 3 nitrogen and oxygen atoms in total. The minimum Gasteiger partial charge on any atom is -0.392 e. The predicted molar refractivity (Wildman–Crippen MR) is 85.6 cm³/mol. The number of hydrogen-bond donors (Lipinski definition) is 2. The minimum atomic E-state index is -0.112. The summed E-state index contributed by atoms with van der Waals surface area (Å²) >= 11 is 3.50. The fourth-order valence-electron chi connectivity index (χ4n) is 2.59. The monoisotopic (exact) mass is 345 g/mol. The van der Waals surface area contributed by atoms with Crippen molar-refractivity contribution in [3.05, 3.63) is 56.6 Å². The normalized spacial score (nSPS) is 10.5. The first-order chi connectivity index (χ1) is 10.0. The molecule has 0 spiro atoms. The van der Waals surface area contributed by atoms with Crippen LogP contribution >= 0.6 is 15.9 Å². The van der Waals surface area contributed by atoms with E-state index in [0.29, 0.717) is 5.56 Å². The molecule has 0 atom stereocenters. The second-order valence-corrected chi connectivity index (χ2v) is 5.76. The van der Waals surface area contributed by atoms with Crippen LogP contribution in [0.1, 0.15) is 27.8 Å². The first kappa shape index (κ1) is 15.7. The van der Waals surface area contributed by atoms with Crippen molar-refractivity contribution in [1.82, 2.24) is 0 Å². The van der Waals surface area contributed by atoms with Crippen molar-refractivity contribution in [3.8, 4) is 17.2 Å². The topological polar surface area (TPSA) is 64.2 Å². The van der Waals surface area contributed by atoms with Crippen molar-refractivity contribution in [3.63, 3.8) is 0 Å². The van der Waals surface area contributed by atoms with Crippen LogP contribution in [0, 0.1) is 25.2 Å². The second-order valence-electron chi connectivity index (χ2n) is 4.91. The molecule has 0 heterocycles. The highest BCUT2D eigenvalue weighted by atomic mass is 79.9. The van der Waals surface area contributed by atoms with Crippen LogP contribution in [0.5, 0.6) is 0 Å². The summed E-state index contributed by atoms with van der Waals surface area (Å²) in [6.45, 7) is 3.62. The molecule has 0 aliphatic rings. The maximum absolute atomic E-state index is 9.63. The number of hydrogen-bond acceptors (Lipinski definition) is 3. The lowest BCUT2D eigenvalue weighted by atomic mass is 9.87. The summed E-state index contributed by atoms with van der Waals surface area (Å²) in [6.07, 6.45) is 0. The van der Waals surface area contributed by atoms with Crippen LogP contribution < -0.4 is 0 Å². The van der Waals surface area contributed by atoms with Crippen molar-refractivity contribution in [2.24, 2.45) is 0 Å². The summed E-state index contributed by atoms with van der Waals surface area (Å²) in [5.41, 5.74) is 5.62. The molecular weight excluding hydrogens is 330 g/mol. The number of halogens is 1. The molecule has 0 fully saturated rings. The highest BCUT2D eigenvalue weighted by Crippen LogP contribution is 2.37. The fourth-order valence-corrected chi connectivity index (χ4v) is 2.92. The Kier molecular flexibility index (Phi) is 4.79. The van der Waals surface area contributed by atoms with Gasteiger partial charge in [-0.2, -0.15) is 5.26 Å². The van der Waals surface area contributed by atoms with Gasteiger partial charge in [0.05, 0.1) is 24.8 Å². The van der Waals surface area contributed by atoms with Gasteiger partial charge in [0.2, 0.25) is 0 Å². The molecule has 0 bridgehead atoms. The smallest absolute Gasteiger partial charge is 0.0994 e. The van der Waals surface area contributed by atoms with Gasteiger partial charge < -0.3 is 10.2 Å². The summed E-state index contributed by atoms with van der Waals surface area (Å²) < 4.78 is 0.931. The zero-order valence-electron chi connectivity index (χ0n) is 11.9. The molecule has 108 valence electrons. The van der Waals surface area contributed by atoms with Crippen molar-refractivity contribution < 1.29 is 10.2 Å². The van der Waals surface area contributed by atoms with E-state index in [4.69, 9.17) is 0 Å². The summed E-state index contributed by atoms with van der Waals surface area (Å²) in [5.74, 6) is 0. The molecule has 21 heavy (non-hydrogen) atoms. The fraction of sp³-hybridized carbons (Fsp3) is 0.235. The summed E-state index contributed by atoms with van der Waals surface area (Å²) in [7, 11) is 0. The molecule has 0 saturated carbocycles. The van der Waals surface area contributed by atoms with Crippen molar-refractivity contribution in [2.45, 2.75) is 27.1 Å². The summed E-state index contributed by atoms with van der Waals surface area (Å²) in [4.78, 5) is 0. The van der Waals surface area contributed by atoms with Gasteiger partial charge in [-0.05, 0) is 59.4 Å². The lowest BCUT2D eigenvalue weighted by molar-refractivity contribution is 0.280. The van der Waals surface area contributed by atoms with Crippen molar-refractivity contribution in [2.75, 3.05) is 0 Å². The number of aliphatic hydroxyl groups excluding tert-OH is 2. The largest absolute Gasteiger partial charge is 0.392 e. The molecule has 0 unspecified atom stereocenters. The number of benzene rings is 2. The summed E-state index contributed by atoms with van der Waals surface area (Å²) in [6, 6.07) is 9.41. The van der Waals surface area contributed by atoms with E-state index in [1.165, 1.54) is 0 Å². The molecule has 0 saturated heterocycles. The van der Waals surface area contributed by atoms with Crippen LogP contribution in [0.15, 0.2) is 28.7 Å². The first-order valence-electron chi connectivity index (χ1n) is 6.57. The number of rotatable bonds is 3. The third kappa shape index (κ3) is 2.73. The summed E-state index contributed by atoms with van der Waals surface area (Å²) in [5, 5.41) is 28.5. The Morgan fingerprint density at radius 1 is 0.952 bits per heavy atom. The maximum Gasteiger partial charge on any atom is 0.0994 e. The molecule has 0 aliphatic heterocycles.